The van der Waals surface area contributed by atoms with Gasteiger partial charge in [0.2, 0.25) is 5.91 Å². The van der Waals surface area contributed by atoms with Gasteiger partial charge in [-0.2, -0.15) is 0 Å². The number of rotatable bonds is 7. The van der Waals surface area contributed by atoms with Crippen molar-refractivity contribution in [3.05, 3.63) is 56.8 Å². The number of aromatic nitrogens is 2. The van der Waals surface area contributed by atoms with E-state index >= 15 is 0 Å². The van der Waals surface area contributed by atoms with Crippen LogP contribution in [0.25, 0.3) is 11.0 Å². The van der Waals surface area contributed by atoms with Gasteiger partial charge in [0.1, 0.15) is 5.82 Å². The van der Waals surface area contributed by atoms with Crippen molar-refractivity contribution in [1.82, 2.24) is 20.2 Å². The summed E-state index contributed by atoms with van der Waals surface area (Å²) in [5.41, 5.74) is 4.47. The number of imidazole rings is 1. The van der Waals surface area contributed by atoms with Gasteiger partial charge in [0.15, 0.2) is 0 Å². The van der Waals surface area contributed by atoms with Crippen molar-refractivity contribution in [3.63, 3.8) is 0 Å². The molecule has 0 atom stereocenters. The highest BCUT2D eigenvalue weighted by Gasteiger charge is 2.27. The molecule has 0 unspecified atom stereocenters. The molecule has 2 N–H and O–H groups in total. The molecule has 2 fully saturated rings. The fourth-order valence-corrected chi connectivity index (χ4v) is 6.22. The van der Waals surface area contributed by atoms with Crippen molar-refractivity contribution < 1.29 is 9.59 Å². The van der Waals surface area contributed by atoms with Crippen LogP contribution in [-0.2, 0) is 24.8 Å². The number of fused-ring (bicyclic) bond motifs is 1. The monoisotopic (exact) mass is 597 g/mol. The average molecular weight is 599 g/mol. The molecule has 220 valence electrons. The van der Waals surface area contributed by atoms with Crippen molar-refractivity contribution in [2.75, 3.05) is 18.0 Å². The van der Waals surface area contributed by atoms with E-state index < -0.39 is 5.41 Å². The molecule has 0 radical (unpaired) electrons. The number of nitrogens with zero attached hydrogens (tertiary/aromatic N) is 3. The number of carbonyl (C=O) groups excluding carboxylic acids is 2. The number of amides is 2. The van der Waals surface area contributed by atoms with Crippen LogP contribution < -0.4 is 15.5 Å². The molecule has 1 saturated heterocycles. The Morgan fingerprint density at radius 1 is 1.07 bits per heavy atom. The van der Waals surface area contributed by atoms with Crippen molar-refractivity contribution in [2.45, 2.75) is 78.8 Å². The quantitative estimate of drug-likeness (QED) is 0.319. The number of anilines is 1. The number of benzene rings is 2. The molecule has 2 amide bonds. The molecule has 0 bridgehead atoms. The smallest absolute Gasteiger partial charge is 0.253 e. The second-order valence-corrected chi connectivity index (χ2v) is 13.6. The third-order valence-corrected chi connectivity index (χ3v) is 9.43. The molecule has 1 aliphatic heterocycles. The van der Waals surface area contributed by atoms with Gasteiger partial charge in [-0.25, -0.2) is 4.98 Å². The van der Waals surface area contributed by atoms with Gasteiger partial charge < -0.3 is 20.1 Å². The predicted octanol–water partition coefficient (Wildman–Crippen LogP) is 6.65. The minimum atomic E-state index is -0.492. The second kappa shape index (κ2) is 11.8. The lowest BCUT2D eigenvalue weighted by atomic mass is 9.87. The highest BCUT2D eigenvalue weighted by Crippen LogP contribution is 2.34. The average Bonchev–Trinajstić information content (AvgIpc) is 3.19. The Bertz CT molecular complexity index is 1460. The van der Waals surface area contributed by atoms with Gasteiger partial charge in [0, 0.05) is 49.6 Å². The topological polar surface area (TPSA) is 79.3 Å². The maximum atomic E-state index is 13.5. The highest BCUT2D eigenvalue weighted by molar-refractivity contribution is 6.36. The van der Waals surface area contributed by atoms with E-state index in [0.717, 1.165) is 84.8 Å². The molecule has 1 aromatic heterocycles. The van der Waals surface area contributed by atoms with Crippen molar-refractivity contribution in [2.24, 2.45) is 18.4 Å². The molecule has 0 spiro atoms. The third kappa shape index (κ3) is 6.36. The van der Waals surface area contributed by atoms with Crippen LogP contribution in [0.4, 0.5) is 5.69 Å². The zero-order valence-corrected chi connectivity index (χ0v) is 26.3. The fourth-order valence-electron chi connectivity index (χ4n) is 5.65. The molecular formula is C32H41Cl2N5O2. The largest absolute Gasteiger partial charge is 0.371 e. The molecule has 2 heterocycles. The summed E-state index contributed by atoms with van der Waals surface area (Å²) in [4.78, 5) is 33.2. The van der Waals surface area contributed by atoms with Crippen LogP contribution in [0.1, 0.15) is 87.1 Å². The van der Waals surface area contributed by atoms with E-state index in [-0.39, 0.29) is 17.9 Å². The first-order chi connectivity index (χ1) is 19.4. The molecular weight excluding hydrogens is 557 g/mol. The van der Waals surface area contributed by atoms with Crippen LogP contribution in [0.2, 0.25) is 10.0 Å². The lowest BCUT2D eigenvalue weighted by Gasteiger charge is -2.35. The molecule has 9 heteroatoms. The summed E-state index contributed by atoms with van der Waals surface area (Å²) in [5, 5.41) is 7.36. The standard InChI is InChI=1S/C32H41Cl2N5O2/c1-19-7-10-21(11-8-19)36-30(40)23-15-25-27(17-26(23)39-13-6-14-39)38(5)28(37-25)16-22-24(33)12-9-20(29(22)34)18-35-31(41)32(2,3)4/h9,12,15,17,19,21H,6-8,10-11,13-14,16,18H2,1-5H3,(H,35,41)(H,36,40). The van der Waals surface area contributed by atoms with Crippen LogP contribution in [0.3, 0.4) is 0 Å². The summed E-state index contributed by atoms with van der Waals surface area (Å²) in [6, 6.07) is 7.94. The lowest BCUT2D eigenvalue weighted by molar-refractivity contribution is -0.128. The maximum Gasteiger partial charge on any atom is 0.253 e. The number of carbonyl (C=O) groups is 2. The third-order valence-electron chi connectivity index (χ3n) is 8.60. The van der Waals surface area contributed by atoms with Crippen LogP contribution in [0.5, 0.6) is 0 Å². The van der Waals surface area contributed by atoms with E-state index in [4.69, 9.17) is 28.2 Å². The normalized spacial score (nSPS) is 19.2. The predicted molar refractivity (Wildman–Crippen MR) is 167 cm³/mol. The number of nitrogens with one attached hydrogen (secondary N) is 2. The summed E-state index contributed by atoms with van der Waals surface area (Å²) in [6.45, 7) is 10.1. The van der Waals surface area contributed by atoms with Crippen molar-refractivity contribution in [1.29, 1.82) is 0 Å². The zero-order valence-electron chi connectivity index (χ0n) is 24.7. The van der Waals surface area contributed by atoms with Gasteiger partial charge in [-0.05, 0) is 67.3 Å². The molecule has 3 aromatic rings. The Labute approximate surface area is 253 Å². The molecule has 2 aromatic carbocycles. The Balaban J connectivity index is 1.43. The van der Waals surface area contributed by atoms with Crippen LogP contribution in [-0.4, -0.2) is 40.5 Å². The molecule has 1 saturated carbocycles. The van der Waals surface area contributed by atoms with Crippen LogP contribution >= 0.6 is 23.2 Å². The Morgan fingerprint density at radius 2 is 1.78 bits per heavy atom. The fraction of sp³-hybridized carbons (Fsp3) is 0.531. The van der Waals surface area contributed by atoms with Gasteiger partial charge in [-0.3, -0.25) is 9.59 Å². The first-order valence-electron chi connectivity index (χ1n) is 14.7. The Hall–Kier alpha value is -2.77. The number of aryl methyl sites for hydroxylation is 1. The minimum absolute atomic E-state index is 0.0170. The van der Waals surface area contributed by atoms with Gasteiger partial charge in [0.05, 0.1) is 27.3 Å². The van der Waals surface area contributed by atoms with Crippen molar-refractivity contribution in [3.8, 4) is 0 Å². The van der Waals surface area contributed by atoms with E-state index in [1.165, 1.54) is 0 Å². The summed E-state index contributed by atoms with van der Waals surface area (Å²) in [5.74, 6) is 1.47. The SMILES string of the molecule is CC1CCC(NC(=O)c2cc3nc(Cc4c(Cl)ccc(CNC(=O)C(C)(C)C)c4Cl)n(C)c3cc2N2CCC2)CC1. The minimum Gasteiger partial charge on any atom is -0.371 e. The van der Waals surface area contributed by atoms with Crippen LogP contribution in [0, 0.1) is 11.3 Å². The lowest BCUT2D eigenvalue weighted by Crippen LogP contribution is -2.41. The molecule has 7 nitrogen and oxygen atoms in total. The summed E-state index contributed by atoms with van der Waals surface area (Å²) in [6.07, 6.45) is 5.92. The van der Waals surface area contributed by atoms with Gasteiger partial charge in [0.25, 0.3) is 5.91 Å². The summed E-state index contributed by atoms with van der Waals surface area (Å²) in [7, 11) is 1.99. The first kappa shape index (κ1) is 29.7. The summed E-state index contributed by atoms with van der Waals surface area (Å²) >= 11 is 13.5. The Kier molecular flexibility index (Phi) is 8.58. The maximum absolute atomic E-state index is 13.5. The number of hydrogen-bond acceptors (Lipinski definition) is 4. The molecule has 41 heavy (non-hydrogen) atoms. The zero-order chi connectivity index (χ0) is 29.5. The number of hydrogen-bond donors (Lipinski definition) is 2. The molecule has 5 rings (SSSR count). The van der Waals surface area contributed by atoms with E-state index in [2.05, 4.69) is 33.1 Å². The highest BCUT2D eigenvalue weighted by atomic mass is 35.5. The van der Waals surface area contributed by atoms with Crippen molar-refractivity contribution >= 4 is 51.7 Å². The Morgan fingerprint density at radius 3 is 2.41 bits per heavy atom. The van der Waals surface area contributed by atoms with Gasteiger partial charge >= 0.3 is 0 Å². The number of halogens is 2. The van der Waals surface area contributed by atoms with Crippen LogP contribution in [0.15, 0.2) is 24.3 Å². The van der Waals surface area contributed by atoms with Gasteiger partial charge in [-0.1, -0.05) is 57.0 Å². The van der Waals surface area contributed by atoms with E-state index in [0.29, 0.717) is 28.6 Å². The van der Waals surface area contributed by atoms with E-state index in [9.17, 15) is 9.59 Å². The summed E-state index contributed by atoms with van der Waals surface area (Å²) < 4.78 is 2.06. The van der Waals surface area contributed by atoms with E-state index in [1.807, 2.05) is 46.0 Å². The molecule has 2 aliphatic rings. The second-order valence-electron chi connectivity index (χ2n) is 12.8. The first-order valence-corrected chi connectivity index (χ1v) is 15.5. The van der Waals surface area contributed by atoms with E-state index in [1.54, 1.807) is 0 Å². The molecule has 1 aliphatic carbocycles. The van der Waals surface area contributed by atoms with Gasteiger partial charge in [-0.15, -0.1) is 0 Å².